The fourth-order valence-electron chi connectivity index (χ4n) is 2.45. The van der Waals surface area contributed by atoms with Crippen LogP contribution in [0.4, 0.5) is 13.2 Å². The number of H-pyrrole nitrogens is 1. The van der Waals surface area contributed by atoms with Crippen LogP contribution in [0, 0.1) is 0 Å². The lowest BCUT2D eigenvalue weighted by Gasteiger charge is -2.15. The molecule has 0 aromatic carbocycles. The molecule has 2 heterocycles. The van der Waals surface area contributed by atoms with Crippen molar-refractivity contribution >= 4 is 5.97 Å². The van der Waals surface area contributed by atoms with Gasteiger partial charge in [-0.1, -0.05) is 0 Å². The van der Waals surface area contributed by atoms with Gasteiger partial charge in [0.1, 0.15) is 6.54 Å². The van der Waals surface area contributed by atoms with E-state index in [9.17, 15) is 18.0 Å². The number of hydrogen-bond acceptors (Lipinski definition) is 3. The minimum absolute atomic E-state index is 0.190. The fraction of sp³-hybridized carbons (Fsp3) is 0.364. The molecule has 106 valence electrons. The average Bonchev–Trinajstić information content (AvgIpc) is 2.90. The molecular formula is C11H9F3N4O2. The van der Waals surface area contributed by atoms with Crippen molar-refractivity contribution in [1.82, 2.24) is 20.0 Å². The highest BCUT2D eigenvalue weighted by molar-refractivity contribution is 5.90. The fourth-order valence-corrected chi connectivity index (χ4v) is 2.45. The molecular weight excluding hydrogens is 277 g/mol. The molecule has 0 atom stereocenters. The summed E-state index contributed by atoms with van der Waals surface area (Å²) in [6.07, 6.45) is -2.26. The number of fused-ring (bicyclic) bond motifs is 3. The molecule has 0 radical (unpaired) electrons. The van der Waals surface area contributed by atoms with Crippen LogP contribution in [0.15, 0.2) is 6.20 Å². The third-order valence-corrected chi connectivity index (χ3v) is 3.18. The topological polar surface area (TPSA) is 83.8 Å². The highest BCUT2D eigenvalue weighted by atomic mass is 19.4. The van der Waals surface area contributed by atoms with Crippen LogP contribution in [0.5, 0.6) is 0 Å². The zero-order chi connectivity index (χ0) is 14.5. The van der Waals surface area contributed by atoms with E-state index >= 15 is 0 Å². The first-order valence-electron chi connectivity index (χ1n) is 5.79. The normalized spacial score (nSPS) is 13.9. The van der Waals surface area contributed by atoms with E-state index in [1.54, 1.807) is 0 Å². The second-order valence-corrected chi connectivity index (χ2v) is 4.52. The Bertz CT molecular complexity index is 686. The molecule has 0 spiro atoms. The molecule has 0 fully saturated rings. The summed E-state index contributed by atoms with van der Waals surface area (Å²) in [5.41, 5.74) is 1.37. The van der Waals surface area contributed by atoms with Gasteiger partial charge in [0, 0.05) is 16.8 Å². The third kappa shape index (κ3) is 1.95. The minimum atomic E-state index is -4.48. The molecule has 0 saturated heterocycles. The molecule has 0 unspecified atom stereocenters. The van der Waals surface area contributed by atoms with E-state index in [2.05, 4.69) is 15.3 Å². The number of aromatic carboxylic acids is 1. The number of nitrogens with one attached hydrogen (secondary N) is 1. The number of aromatic nitrogens is 4. The second kappa shape index (κ2) is 4.09. The summed E-state index contributed by atoms with van der Waals surface area (Å²) in [5.74, 6) is -1.32. The lowest BCUT2D eigenvalue weighted by molar-refractivity contribution is -0.142. The molecule has 2 N–H and O–H groups in total. The maximum absolute atomic E-state index is 12.6. The summed E-state index contributed by atoms with van der Waals surface area (Å²) in [6, 6.07) is 0. The van der Waals surface area contributed by atoms with Crippen molar-refractivity contribution in [2.45, 2.75) is 25.6 Å². The van der Waals surface area contributed by atoms with E-state index in [1.165, 1.54) is 6.20 Å². The number of hydrogen-bond donors (Lipinski definition) is 2. The zero-order valence-corrected chi connectivity index (χ0v) is 10.0. The Morgan fingerprint density at radius 3 is 2.85 bits per heavy atom. The number of carboxylic acids is 1. The quantitative estimate of drug-likeness (QED) is 0.879. The van der Waals surface area contributed by atoms with Gasteiger partial charge in [-0.3, -0.25) is 9.78 Å². The number of rotatable bonds is 2. The lowest BCUT2D eigenvalue weighted by Crippen LogP contribution is -2.20. The largest absolute Gasteiger partial charge is 0.476 e. The minimum Gasteiger partial charge on any atom is -0.476 e. The Morgan fingerprint density at radius 2 is 2.20 bits per heavy atom. The number of carbonyl (C=O) groups is 1. The van der Waals surface area contributed by atoms with Gasteiger partial charge < -0.3 is 5.11 Å². The van der Waals surface area contributed by atoms with E-state index in [0.717, 1.165) is 0 Å². The molecule has 0 amide bonds. The van der Waals surface area contributed by atoms with Gasteiger partial charge in [-0.2, -0.15) is 23.4 Å². The smallest absolute Gasteiger partial charge is 0.408 e. The predicted octanol–water partition coefficient (Wildman–Crippen LogP) is 1.63. The molecule has 1 aliphatic rings. The molecule has 0 bridgehead atoms. The van der Waals surface area contributed by atoms with E-state index in [-0.39, 0.29) is 11.4 Å². The van der Waals surface area contributed by atoms with Crippen LogP contribution in [0.3, 0.4) is 0 Å². The highest BCUT2D eigenvalue weighted by Gasteiger charge is 2.35. The summed E-state index contributed by atoms with van der Waals surface area (Å²) < 4.78 is 38.5. The molecule has 3 rings (SSSR count). The first-order valence-corrected chi connectivity index (χ1v) is 5.79. The number of aromatic amines is 1. The first-order chi connectivity index (χ1) is 9.37. The van der Waals surface area contributed by atoms with Crippen molar-refractivity contribution in [2.75, 3.05) is 0 Å². The second-order valence-electron chi connectivity index (χ2n) is 4.52. The molecule has 0 aliphatic heterocycles. The van der Waals surface area contributed by atoms with Crippen molar-refractivity contribution < 1.29 is 23.1 Å². The Kier molecular flexibility index (Phi) is 2.59. The number of carboxylic acid groups (broad SMARTS) is 1. The van der Waals surface area contributed by atoms with Crippen LogP contribution in [-0.4, -0.2) is 37.2 Å². The molecule has 0 saturated carbocycles. The molecule has 2 aromatic rings. The molecule has 9 heteroatoms. The summed E-state index contributed by atoms with van der Waals surface area (Å²) in [5, 5.41) is 19.2. The summed E-state index contributed by atoms with van der Waals surface area (Å²) in [7, 11) is 0. The Hall–Kier alpha value is -2.32. The first kappa shape index (κ1) is 12.7. The Balaban J connectivity index is 2.20. The van der Waals surface area contributed by atoms with Gasteiger partial charge in [0.05, 0.1) is 11.9 Å². The number of halogens is 3. The van der Waals surface area contributed by atoms with Crippen molar-refractivity contribution in [1.29, 1.82) is 0 Å². The highest BCUT2D eigenvalue weighted by Crippen LogP contribution is 2.35. The molecule has 20 heavy (non-hydrogen) atoms. The number of nitrogens with zero attached hydrogens (tertiary/aromatic N) is 3. The van der Waals surface area contributed by atoms with Crippen LogP contribution in [0.25, 0.3) is 11.3 Å². The van der Waals surface area contributed by atoms with Crippen molar-refractivity contribution in [3.8, 4) is 11.3 Å². The lowest BCUT2D eigenvalue weighted by atomic mass is 9.94. The molecule has 6 nitrogen and oxygen atoms in total. The van der Waals surface area contributed by atoms with Gasteiger partial charge >= 0.3 is 12.1 Å². The van der Waals surface area contributed by atoms with Crippen molar-refractivity contribution in [3.05, 3.63) is 23.1 Å². The van der Waals surface area contributed by atoms with Gasteiger partial charge in [0.25, 0.3) is 0 Å². The van der Waals surface area contributed by atoms with Crippen LogP contribution < -0.4 is 0 Å². The summed E-state index contributed by atoms with van der Waals surface area (Å²) in [4.78, 5) is 11.1. The average molecular weight is 286 g/mol. The van der Waals surface area contributed by atoms with Crippen LogP contribution in [0.2, 0.25) is 0 Å². The van der Waals surface area contributed by atoms with Gasteiger partial charge in [0.15, 0.2) is 5.69 Å². The summed E-state index contributed by atoms with van der Waals surface area (Å²) in [6.45, 7) is -1.33. The predicted molar refractivity (Wildman–Crippen MR) is 60.2 cm³/mol. The maximum Gasteiger partial charge on any atom is 0.408 e. The van der Waals surface area contributed by atoms with Crippen molar-refractivity contribution in [2.24, 2.45) is 0 Å². The van der Waals surface area contributed by atoms with Gasteiger partial charge in [-0.25, -0.2) is 4.79 Å². The van der Waals surface area contributed by atoms with Crippen LogP contribution in [0.1, 0.15) is 21.7 Å². The van der Waals surface area contributed by atoms with E-state index < -0.39 is 18.7 Å². The Labute approximate surface area is 110 Å². The van der Waals surface area contributed by atoms with E-state index in [0.29, 0.717) is 34.3 Å². The van der Waals surface area contributed by atoms with Crippen molar-refractivity contribution in [3.63, 3.8) is 0 Å². The Morgan fingerprint density at radius 1 is 1.45 bits per heavy atom. The summed E-state index contributed by atoms with van der Waals surface area (Å²) >= 11 is 0. The SMILES string of the molecule is O=C(O)c1nn(CC(F)(F)F)c2c1CCc1[nH]ncc1-2. The number of alkyl halides is 3. The standard InChI is InChI=1S/C11H9F3N4O2/c12-11(13,14)4-18-9-5(8(17-18)10(19)20)1-2-7-6(9)3-15-16-7/h3H,1-2,4H2,(H,15,16)(H,19,20). The molecule has 2 aromatic heterocycles. The van der Waals surface area contributed by atoms with Gasteiger partial charge in [-0.15, -0.1) is 0 Å². The van der Waals surface area contributed by atoms with E-state index in [4.69, 9.17) is 5.11 Å². The van der Waals surface area contributed by atoms with Gasteiger partial charge in [0.2, 0.25) is 0 Å². The molecule has 1 aliphatic carbocycles. The van der Waals surface area contributed by atoms with Crippen LogP contribution >= 0.6 is 0 Å². The third-order valence-electron chi connectivity index (χ3n) is 3.18. The maximum atomic E-state index is 12.6. The zero-order valence-electron chi connectivity index (χ0n) is 10.0. The van der Waals surface area contributed by atoms with E-state index in [1.807, 2.05) is 0 Å². The van der Waals surface area contributed by atoms with Gasteiger partial charge in [-0.05, 0) is 12.8 Å². The monoisotopic (exact) mass is 286 g/mol. The van der Waals surface area contributed by atoms with Crippen LogP contribution in [-0.2, 0) is 19.4 Å². The number of aryl methyl sites for hydroxylation is 1.